The Morgan fingerprint density at radius 1 is 1.08 bits per heavy atom. The topological polar surface area (TPSA) is 49.2 Å². The van der Waals surface area contributed by atoms with Gasteiger partial charge in [-0.25, -0.2) is 0 Å². The van der Waals surface area contributed by atoms with Crippen LogP contribution in [0.15, 0.2) is 29.4 Å². The summed E-state index contributed by atoms with van der Waals surface area (Å²) in [7, 11) is 1.67. The molecule has 6 heteroatoms. The van der Waals surface area contributed by atoms with Gasteiger partial charge in [-0.05, 0) is 56.4 Å². The second-order valence-corrected chi connectivity index (χ2v) is 7.50. The van der Waals surface area contributed by atoms with Crippen molar-refractivity contribution in [1.82, 2.24) is 14.8 Å². The Morgan fingerprint density at radius 3 is 2.50 bits per heavy atom. The van der Waals surface area contributed by atoms with Crippen molar-refractivity contribution in [3.63, 3.8) is 0 Å². The molecule has 128 valence electrons. The highest BCUT2D eigenvalue weighted by Gasteiger charge is 2.36. The standard InChI is InChI=1S/C18H23N3O2S/c1-22-15-7-9-16(10-8-15)23-11-2-12-24-18-20-19-17(13-3-4-13)21(18)14-5-6-14/h7-10,13-14H,2-6,11-12H2,1H3. The van der Waals surface area contributed by atoms with E-state index in [9.17, 15) is 0 Å². The van der Waals surface area contributed by atoms with Crippen LogP contribution in [0.3, 0.4) is 0 Å². The van der Waals surface area contributed by atoms with E-state index in [1.807, 2.05) is 36.0 Å². The molecule has 0 N–H and O–H groups in total. The molecule has 2 aliphatic carbocycles. The molecule has 24 heavy (non-hydrogen) atoms. The van der Waals surface area contributed by atoms with Crippen molar-refractivity contribution in [3.8, 4) is 11.5 Å². The molecular formula is C18H23N3O2S. The number of hydrogen-bond acceptors (Lipinski definition) is 5. The number of hydrogen-bond donors (Lipinski definition) is 0. The van der Waals surface area contributed by atoms with Gasteiger partial charge in [0.05, 0.1) is 13.7 Å². The van der Waals surface area contributed by atoms with Gasteiger partial charge in [0.15, 0.2) is 5.16 Å². The molecule has 1 heterocycles. The summed E-state index contributed by atoms with van der Waals surface area (Å²) in [6.07, 6.45) is 6.13. The summed E-state index contributed by atoms with van der Waals surface area (Å²) < 4.78 is 13.3. The molecule has 4 rings (SSSR count). The van der Waals surface area contributed by atoms with Crippen LogP contribution in [-0.4, -0.2) is 34.2 Å². The SMILES string of the molecule is COc1ccc(OCCCSc2nnc(C3CC3)n2C2CC2)cc1. The second-order valence-electron chi connectivity index (χ2n) is 6.44. The van der Waals surface area contributed by atoms with Gasteiger partial charge in [0.2, 0.25) is 0 Å². The van der Waals surface area contributed by atoms with Gasteiger partial charge in [0.25, 0.3) is 0 Å². The highest BCUT2D eigenvalue weighted by molar-refractivity contribution is 7.99. The Balaban J connectivity index is 1.24. The lowest BCUT2D eigenvalue weighted by molar-refractivity contribution is 0.318. The molecule has 2 fully saturated rings. The molecule has 1 aromatic heterocycles. The summed E-state index contributed by atoms with van der Waals surface area (Å²) in [6, 6.07) is 8.38. The summed E-state index contributed by atoms with van der Waals surface area (Å²) in [5.41, 5.74) is 0. The van der Waals surface area contributed by atoms with Gasteiger partial charge in [-0.15, -0.1) is 10.2 Å². The first-order valence-electron chi connectivity index (χ1n) is 8.69. The Kier molecular flexibility index (Phi) is 4.65. The monoisotopic (exact) mass is 345 g/mol. The first kappa shape index (κ1) is 15.8. The van der Waals surface area contributed by atoms with Crippen molar-refractivity contribution >= 4 is 11.8 Å². The number of rotatable bonds is 9. The van der Waals surface area contributed by atoms with E-state index < -0.39 is 0 Å². The third-order valence-electron chi connectivity index (χ3n) is 4.39. The highest BCUT2D eigenvalue weighted by atomic mass is 32.2. The maximum atomic E-state index is 5.78. The van der Waals surface area contributed by atoms with Crippen LogP contribution in [0.5, 0.6) is 11.5 Å². The third-order valence-corrected chi connectivity index (χ3v) is 5.42. The molecule has 0 bridgehead atoms. The number of thioether (sulfide) groups is 1. The average Bonchev–Trinajstić information content (AvgIpc) is 3.54. The van der Waals surface area contributed by atoms with Crippen molar-refractivity contribution in [1.29, 1.82) is 0 Å². The van der Waals surface area contributed by atoms with E-state index in [2.05, 4.69) is 14.8 Å². The predicted molar refractivity (Wildman–Crippen MR) is 94.1 cm³/mol. The smallest absolute Gasteiger partial charge is 0.191 e. The second kappa shape index (κ2) is 7.05. The van der Waals surface area contributed by atoms with Gasteiger partial charge in [-0.1, -0.05) is 11.8 Å². The summed E-state index contributed by atoms with van der Waals surface area (Å²) in [6.45, 7) is 0.715. The zero-order chi connectivity index (χ0) is 16.4. The first-order valence-corrected chi connectivity index (χ1v) is 9.68. The van der Waals surface area contributed by atoms with Gasteiger partial charge in [-0.2, -0.15) is 0 Å². The first-order chi connectivity index (χ1) is 11.8. The van der Waals surface area contributed by atoms with Crippen molar-refractivity contribution in [2.75, 3.05) is 19.5 Å². The fraction of sp³-hybridized carbons (Fsp3) is 0.556. The van der Waals surface area contributed by atoms with Crippen molar-refractivity contribution in [3.05, 3.63) is 30.1 Å². The van der Waals surface area contributed by atoms with Gasteiger partial charge in [-0.3, -0.25) is 0 Å². The van der Waals surface area contributed by atoms with E-state index in [1.165, 1.54) is 31.5 Å². The lowest BCUT2D eigenvalue weighted by atomic mass is 10.3. The Bertz CT molecular complexity index is 678. The average molecular weight is 345 g/mol. The summed E-state index contributed by atoms with van der Waals surface area (Å²) in [5, 5.41) is 9.99. The maximum absolute atomic E-state index is 5.78. The summed E-state index contributed by atoms with van der Waals surface area (Å²) >= 11 is 1.81. The van der Waals surface area contributed by atoms with E-state index in [1.54, 1.807) is 7.11 Å². The minimum atomic E-state index is 0.661. The zero-order valence-corrected chi connectivity index (χ0v) is 14.8. The van der Waals surface area contributed by atoms with Gasteiger partial charge < -0.3 is 14.0 Å². The fourth-order valence-electron chi connectivity index (χ4n) is 2.77. The number of ether oxygens (including phenoxy) is 2. The molecule has 2 aromatic rings. The quantitative estimate of drug-likeness (QED) is 0.507. The van der Waals surface area contributed by atoms with Crippen LogP contribution in [0.25, 0.3) is 0 Å². The van der Waals surface area contributed by atoms with E-state index >= 15 is 0 Å². The van der Waals surface area contributed by atoms with Gasteiger partial charge in [0.1, 0.15) is 17.3 Å². The minimum Gasteiger partial charge on any atom is -0.497 e. The Morgan fingerprint density at radius 2 is 1.83 bits per heavy atom. The van der Waals surface area contributed by atoms with Gasteiger partial charge in [0, 0.05) is 17.7 Å². The van der Waals surface area contributed by atoms with Crippen LogP contribution in [-0.2, 0) is 0 Å². The zero-order valence-electron chi connectivity index (χ0n) is 14.0. The molecule has 0 aliphatic heterocycles. The molecule has 0 amide bonds. The van der Waals surface area contributed by atoms with Crippen LogP contribution in [0.4, 0.5) is 0 Å². The number of methoxy groups -OCH3 is 1. The fourth-order valence-corrected chi connectivity index (χ4v) is 3.69. The molecule has 2 aliphatic rings. The third kappa shape index (κ3) is 3.69. The van der Waals surface area contributed by atoms with Crippen LogP contribution in [0, 0.1) is 0 Å². The normalized spacial score (nSPS) is 17.0. The summed E-state index contributed by atoms with van der Waals surface area (Å²) in [5.74, 6) is 4.65. The molecule has 0 saturated heterocycles. The number of benzene rings is 1. The molecule has 0 radical (unpaired) electrons. The molecule has 2 saturated carbocycles. The molecule has 5 nitrogen and oxygen atoms in total. The highest BCUT2D eigenvalue weighted by Crippen LogP contribution is 2.46. The maximum Gasteiger partial charge on any atom is 0.191 e. The van der Waals surface area contributed by atoms with Gasteiger partial charge >= 0.3 is 0 Å². The molecule has 0 atom stereocenters. The van der Waals surface area contributed by atoms with Crippen LogP contribution >= 0.6 is 11.8 Å². The van der Waals surface area contributed by atoms with Crippen molar-refractivity contribution < 1.29 is 9.47 Å². The molecule has 0 unspecified atom stereocenters. The minimum absolute atomic E-state index is 0.661. The van der Waals surface area contributed by atoms with E-state index in [0.717, 1.165) is 28.8 Å². The Labute approximate surface area is 146 Å². The van der Waals surface area contributed by atoms with E-state index in [0.29, 0.717) is 18.6 Å². The summed E-state index contributed by atoms with van der Waals surface area (Å²) in [4.78, 5) is 0. The van der Waals surface area contributed by atoms with Crippen molar-refractivity contribution in [2.45, 2.75) is 49.2 Å². The lowest BCUT2D eigenvalue weighted by Gasteiger charge is -2.09. The lowest BCUT2D eigenvalue weighted by Crippen LogP contribution is -2.03. The van der Waals surface area contributed by atoms with Crippen LogP contribution in [0.1, 0.15) is 49.9 Å². The predicted octanol–water partition coefficient (Wildman–Crippen LogP) is 4.06. The van der Waals surface area contributed by atoms with E-state index in [-0.39, 0.29) is 0 Å². The largest absolute Gasteiger partial charge is 0.497 e. The van der Waals surface area contributed by atoms with Crippen LogP contribution in [0.2, 0.25) is 0 Å². The van der Waals surface area contributed by atoms with Crippen molar-refractivity contribution in [2.24, 2.45) is 0 Å². The number of aromatic nitrogens is 3. The van der Waals surface area contributed by atoms with E-state index in [4.69, 9.17) is 9.47 Å². The molecule has 1 aromatic carbocycles. The molecular weight excluding hydrogens is 322 g/mol. The number of nitrogens with zero attached hydrogens (tertiary/aromatic N) is 3. The molecule has 0 spiro atoms. The Hall–Kier alpha value is -1.69. The van der Waals surface area contributed by atoms with Crippen LogP contribution < -0.4 is 9.47 Å².